The second-order valence-corrected chi connectivity index (χ2v) is 6.78. The fourth-order valence-electron chi connectivity index (χ4n) is 2.93. The third-order valence-corrected chi connectivity index (χ3v) is 4.47. The van der Waals surface area contributed by atoms with Gasteiger partial charge in [0.1, 0.15) is 0 Å². The van der Waals surface area contributed by atoms with Crippen LogP contribution in [0.15, 0.2) is 0 Å². The van der Waals surface area contributed by atoms with Gasteiger partial charge in [-0.05, 0) is 38.8 Å². The highest BCUT2D eigenvalue weighted by molar-refractivity contribution is 4.52. The van der Waals surface area contributed by atoms with E-state index in [1.807, 2.05) is 0 Å². The molecule has 0 rings (SSSR count). The van der Waals surface area contributed by atoms with E-state index in [0.29, 0.717) is 6.61 Å². The van der Waals surface area contributed by atoms with E-state index in [-0.39, 0.29) is 0 Å². The Hall–Kier alpha value is -0.0800. The van der Waals surface area contributed by atoms with Crippen molar-refractivity contribution in [2.75, 3.05) is 19.7 Å². The standard InChI is InChI=1S/C20H43NO/c1-2-3-4-5-6-7-8-9-10-11-12-13-15-18-21-19-16-14-17-20-22/h21-22H,2-20H2,1H3. The van der Waals surface area contributed by atoms with Crippen molar-refractivity contribution in [2.24, 2.45) is 0 Å². The van der Waals surface area contributed by atoms with E-state index in [4.69, 9.17) is 5.11 Å². The van der Waals surface area contributed by atoms with Gasteiger partial charge >= 0.3 is 0 Å². The summed E-state index contributed by atoms with van der Waals surface area (Å²) in [4.78, 5) is 0. The van der Waals surface area contributed by atoms with E-state index in [9.17, 15) is 0 Å². The third-order valence-electron chi connectivity index (χ3n) is 4.47. The number of aliphatic hydroxyl groups is 1. The Morgan fingerprint density at radius 1 is 0.500 bits per heavy atom. The van der Waals surface area contributed by atoms with Gasteiger partial charge in [-0.25, -0.2) is 0 Å². The minimum atomic E-state index is 0.346. The van der Waals surface area contributed by atoms with Crippen molar-refractivity contribution in [3.63, 3.8) is 0 Å². The number of nitrogens with one attached hydrogen (secondary N) is 1. The molecule has 2 nitrogen and oxygen atoms in total. The third kappa shape index (κ3) is 19.9. The molecular formula is C20H43NO. The van der Waals surface area contributed by atoms with Crippen molar-refractivity contribution in [2.45, 2.75) is 110 Å². The van der Waals surface area contributed by atoms with E-state index < -0.39 is 0 Å². The van der Waals surface area contributed by atoms with E-state index in [1.54, 1.807) is 0 Å². The molecule has 0 aliphatic rings. The van der Waals surface area contributed by atoms with Crippen LogP contribution in [0.2, 0.25) is 0 Å². The highest BCUT2D eigenvalue weighted by atomic mass is 16.2. The molecular weight excluding hydrogens is 270 g/mol. The van der Waals surface area contributed by atoms with Crippen LogP contribution in [0.5, 0.6) is 0 Å². The molecule has 0 spiro atoms. The molecule has 22 heavy (non-hydrogen) atoms. The molecule has 0 heterocycles. The zero-order valence-electron chi connectivity index (χ0n) is 15.4. The van der Waals surface area contributed by atoms with Crippen LogP contribution < -0.4 is 5.32 Å². The molecule has 0 bridgehead atoms. The van der Waals surface area contributed by atoms with Crippen LogP contribution in [0.1, 0.15) is 110 Å². The van der Waals surface area contributed by atoms with Crippen LogP contribution in [0, 0.1) is 0 Å². The highest BCUT2D eigenvalue weighted by Crippen LogP contribution is 2.12. The summed E-state index contributed by atoms with van der Waals surface area (Å²) in [6, 6.07) is 0. The maximum Gasteiger partial charge on any atom is 0.0431 e. The van der Waals surface area contributed by atoms with Crippen LogP contribution in [-0.4, -0.2) is 24.8 Å². The van der Waals surface area contributed by atoms with Gasteiger partial charge in [0.15, 0.2) is 0 Å². The molecule has 134 valence electrons. The number of hydrogen-bond acceptors (Lipinski definition) is 2. The van der Waals surface area contributed by atoms with Gasteiger partial charge in [0.25, 0.3) is 0 Å². The Balaban J connectivity index is 2.91. The lowest BCUT2D eigenvalue weighted by atomic mass is 10.0. The lowest BCUT2D eigenvalue weighted by molar-refractivity contribution is 0.283. The van der Waals surface area contributed by atoms with E-state index in [1.165, 1.54) is 96.4 Å². The summed E-state index contributed by atoms with van der Waals surface area (Å²) in [5.41, 5.74) is 0. The minimum Gasteiger partial charge on any atom is -0.396 e. The van der Waals surface area contributed by atoms with Gasteiger partial charge in [0, 0.05) is 6.61 Å². The van der Waals surface area contributed by atoms with Gasteiger partial charge in [0.2, 0.25) is 0 Å². The van der Waals surface area contributed by atoms with E-state index in [0.717, 1.165) is 19.4 Å². The molecule has 0 aromatic carbocycles. The van der Waals surface area contributed by atoms with Crippen LogP contribution in [-0.2, 0) is 0 Å². The van der Waals surface area contributed by atoms with E-state index in [2.05, 4.69) is 12.2 Å². The van der Waals surface area contributed by atoms with Gasteiger partial charge in [-0.1, -0.05) is 84.0 Å². The summed E-state index contributed by atoms with van der Waals surface area (Å²) in [6.45, 7) is 4.93. The number of aliphatic hydroxyl groups excluding tert-OH is 1. The molecule has 0 unspecified atom stereocenters. The normalized spacial score (nSPS) is 11.2. The summed E-state index contributed by atoms with van der Waals surface area (Å²) in [5, 5.41) is 12.2. The molecule has 0 saturated carbocycles. The molecule has 0 aliphatic heterocycles. The maximum absolute atomic E-state index is 8.68. The summed E-state index contributed by atoms with van der Waals surface area (Å²) >= 11 is 0. The highest BCUT2D eigenvalue weighted by Gasteiger charge is 1.94. The number of hydrogen-bond donors (Lipinski definition) is 2. The van der Waals surface area contributed by atoms with Gasteiger partial charge in [0.05, 0.1) is 0 Å². The maximum atomic E-state index is 8.68. The molecule has 0 aliphatic carbocycles. The number of unbranched alkanes of at least 4 members (excludes halogenated alkanes) is 14. The molecule has 0 aromatic heterocycles. The van der Waals surface area contributed by atoms with Crippen molar-refractivity contribution < 1.29 is 5.11 Å². The van der Waals surface area contributed by atoms with Crippen molar-refractivity contribution in [1.29, 1.82) is 0 Å². The Kier molecular flexibility index (Phi) is 20.8. The van der Waals surface area contributed by atoms with Crippen molar-refractivity contribution in [3.05, 3.63) is 0 Å². The zero-order chi connectivity index (χ0) is 16.1. The Bertz CT molecular complexity index is 165. The fourth-order valence-corrected chi connectivity index (χ4v) is 2.93. The van der Waals surface area contributed by atoms with Crippen LogP contribution >= 0.6 is 0 Å². The molecule has 0 atom stereocenters. The first kappa shape index (κ1) is 21.9. The summed E-state index contributed by atoms with van der Waals surface area (Å²) in [7, 11) is 0. The monoisotopic (exact) mass is 313 g/mol. The van der Waals surface area contributed by atoms with Crippen molar-refractivity contribution in [1.82, 2.24) is 5.32 Å². The van der Waals surface area contributed by atoms with Crippen LogP contribution in [0.25, 0.3) is 0 Å². The topological polar surface area (TPSA) is 32.3 Å². The van der Waals surface area contributed by atoms with Gasteiger partial charge < -0.3 is 10.4 Å². The lowest BCUT2D eigenvalue weighted by Gasteiger charge is -2.05. The predicted octanol–water partition coefficient (Wildman–Crippen LogP) is 5.83. The molecule has 0 fully saturated rings. The smallest absolute Gasteiger partial charge is 0.0431 e. The van der Waals surface area contributed by atoms with Crippen LogP contribution in [0.4, 0.5) is 0 Å². The van der Waals surface area contributed by atoms with Gasteiger partial charge in [-0.15, -0.1) is 0 Å². The molecule has 0 radical (unpaired) electrons. The molecule has 0 aromatic rings. The fraction of sp³-hybridized carbons (Fsp3) is 1.00. The SMILES string of the molecule is CCCCCCCCCCCCCCCNCCCCCO. The first-order valence-corrected chi connectivity index (χ1v) is 10.2. The van der Waals surface area contributed by atoms with Gasteiger partial charge in [-0.3, -0.25) is 0 Å². The molecule has 2 heteroatoms. The molecule has 0 saturated heterocycles. The summed E-state index contributed by atoms with van der Waals surface area (Å²) in [5.74, 6) is 0. The zero-order valence-corrected chi connectivity index (χ0v) is 15.4. The van der Waals surface area contributed by atoms with E-state index >= 15 is 0 Å². The largest absolute Gasteiger partial charge is 0.396 e. The van der Waals surface area contributed by atoms with Crippen molar-refractivity contribution in [3.8, 4) is 0 Å². The molecule has 2 N–H and O–H groups in total. The van der Waals surface area contributed by atoms with Crippen LogP contribution in [0.3, 0.4) is 0 Å². The summed E-state index contributed by atoms with van der Waals surface area (Å²) in [6.07, 6.45) is 21.9. The van der Waals surface area contributed by atoms with Crippen molar-refractivity contribution >= 4 is 0 Å². The first-order valence-electron chi connectivity index (χ1n) is 10.2. The quantitative estimate of drug-likeness (QED) is 0.294. The predicted molar refractivity (Wildman–Crippen MR) is 99.5 cm³/mol. The summed E-state index contributed by atoms with van der Waals surface area (Å²) < 4.78 is 0. The molecule has 0 amide bonds. The lowest BCUT2D eigenvalue weighted by Crippen LogP contribution is -2.16. The average molecular weight is 314 g/mol. The Labute approximate surface area is 140 Å². The second kappa shape index (κ2) is 20.9. The Morgan fingerprint density at radius 2 is 0.864 bits per heavy atom. The average Bonchev–Trinajstić information content (AvgIpc) is 2.54. The minimum absolute atomic E-state index is 0.346. The van der Waals surface area contributed by atoms with Gasteiger partial charge in [-0.2, -0.15) is 0 Å². The first-order chi connectivity index (χ1) is 10.9. The number of rotatable bonds is 19. The second-order valence-electron chi connectivity index (χ2n) is 6.78. The Morgan fingerprint density at radius 3 is 1.27 bits per heavy atom.